The summed E-state index contributed by atoms with van der Waals surface area (Å²) in [7, 11) is 0. The number of ether oxygens (including phenoxy) is 1. The molecule has 132 valence electrons. The van der Waals surface area contributed by atoms with Gasteiger partial charge in [-0.15, -0.1) is 11.3 Å². The van der Waals surface area contributed by atoms with Gasteiger partial charge in [-0.3, -0.25) is 4.79 Å². The molecule has 0 N–H and O–H groups in total. The Balaban J connectivity index is 1.48. The first-order valence-electron chi connectivity index (χ1n) is 7.97. The second-order valence-corrected chi connectivity index (χ2v) is 7.32. The maximum atomic E-state index is 13.3. The molecule has 2 aromatic carbocycles. The Morgan fingerprint density at radius 2 is 2.04 bits per heavy atom. The molecule has 7 heteroatoms. The summed E-state index contributed by atoms with van der Waals surface area (Å²) in [6.07, 6.45) is 0.781. The van der Waals surface area contributed by atoms with Crippen LogP contribution in [0.25, 0.3) is 10.1 Å². The molecule has 4 rings (SSSR count). The third kappa shape index (κ3) is 2.95. The lowest BCUT2D eigenvalue weighted by Crippen LogP contribution is -2.33. The fourth-order valence-electron chi connectivity index (χ4n) is 3.04. The van der Waals surface area contributed by atoms with E-state index in [1.807, 2.05) is 24.3 Å². The lowest BCUT2D eigenvalue weighted by atomic mass is 10.2. The quantitative estimate of drug-likeness (QED) is 0.622. The zero-order valence-corrected chi connectivity index (χ0v) is 15.1. The highest BCUT2D eigenvalue weighted by Crippen LogP contribution is 2.36. The van der Waals surface area contributed by atoms with E-state index in [0.29, 0.717) is 16.6 Å². The number of esters is 1. The van der Waals surface area contributed by atoms with Crippen LogP contribution < -0.4 is 4.90 Å². The molecule has 0 saturated carbocycles. The standard InChI is InChI=1S/C19H13ClFNO3S/c20-17-13-6-5-12(21)9-15(13)26-18(17)19(24)25-10-16(23)22-8-7-11-3-1-2-4-14(11)22/h1-6,9H,7-8,10H2. The van der Waals surface area contributed by atoms with Gasteiger partial charge in [-0.25, -0.2) is 9.18 Å². The minimum Gasteiger partial charge on any atom is -0.451 e. The van der Waals surface area contributed by atoms with Gasteiger partial charge in [0.25, 0.3) is 5.91 Å². The summed E-state index contributed by atoms with van der Waals surface area (Å²) < 4.78 is 19.0. The van der Waals surface area contributed by atoms with Gasteiger partial charge in [0, 0.05) is 22.3 Å². The van der Waals surface area contributed by atoms with E-state index in [-0.39, 0.29) is 22.4 Å². The van der Waals surface area contributed by atoms with E-state index in [4.69, 9.17) is 16.3 Å². The number of thiophene rings is 1. The average molecular weight is 390 g/mol. The monoisotopic (exact) mass is 389 g/mol. The Kier molecular flexibility index (Phi) is 4.38. The summed E-state index contributed by atoms with van der Waals surface area (Å²) >= 11 is 7.25. The zero-order chi connectivity index (χ0) is 18.3. The van der Waals surface area contributed by atoms with Crippen molar-refractivity contribution in [2.24, 2.45) is 0 Å². The Hall–Kier alpha value is -2.44. The lowest BCUT2D eigenvalue weighted by molar-refractivity contribution is -0.121. The highest BCUT2D eigenvalue weighted by molar-refractivity contribution is 7.21. The van der Waals surface area contributed by atoms with Gasteiger partial charge in [0.1, 0.15) is 10.7 Å². The number of amides is 1. The topological polar surface area (TPSA) is 46.6 Å². The summed E-state index contributed by atoms with van der Waals surface area (Å²) in [6.45, 7) is 0.199. The van der Waals surface area contributed by atoms with E-state index < -0.39 is 11.8 Å². The minimum absolute atomic E-state index is 0.168. The summed E-state index contributed by atoms with van der Waals surface area (Å²) in [4.78, 5) is 26.5. The van der Waals surface area contributed by atoms with Crippen LogP contribution in [0.4, 0.5) is 10.1 Å². The fraction of sp³-hybridized carbons (Fsp3) is 0.158. The number of para-hydroxylation sites is 1. The first kappa shape index (κ1) is 17.0. The molecule has 0 bridgehead atoms. The average Bonchev–Trinajstić information content (AvgIpc) is 3.21. The molecule has 1 amide bonds. The van der Waals surface area contributed by atoms with Crippen LogP contribution in [0.3, 0.4) is 0 Å². The normalized spacial score (nSPS) is 13.1. The van der Waals surface area contributed by atoms with Crippen LogP contribution in [0.15, 0.2) is 42.5 Å². The zero-order valence-electron chi connectivity index (χ0n) is 13.5. The Bertz CT molecular complexity index is 1030. The molecule has 0 unspecified atom stereocenters. The van der Waals surface area contributed by atoms with Gasteiger partial charge in [0.2, 0.25) is 0 Å². The van der Waals surface area contributed by atoms with Gasteiger partial charge < -0.3 is 9.64 Å². The predicted molar refractivity (Wildman–Crippen MR) is 99.6 cm³/mol. The van der Waals surface area contributed by atoms with Crippen LogP contribution >= 0.6 is 22.9 Å². The first-order valence-corrected chi connectivity index (χ1v) is 9.17. The molecule has 0 saturated heterocycles. The predicted octanol–water partition coefficient (Wildman–Crippen LogP) is 4.44. The molecule has 0 fully saturated rings. The van der Waals surface area contributed by atoms with E-state index in [9.17, 15) is 14.0 Å². The van der Waals surface area contributed by atoms with Crippen molar-refractivity contribution in [3.05, 3.63) is 63.7 Å². The number of hydrogen-bond acceptors (Lipinski definition) is 4. The third-order valence-corrected chi connectivity index (χ3v) is 5.93. The number of carbonyl (C=O) groups is 2. The molecule has 2 heterocycles. The SMILES string of the molecule is O=C(OCC(=O)N1CCc2ccccc21)c1sc2cc(F)ccc2c1Cl. The van der Waals surface area contributed by atoms with E-state index in [0.717, 1.165) is 29.0 Å². The highest BCUT2D eigenvalue weighted by Gasteiger charge is 2.26. The fourth-order valence-corrected chi connectivity index (χ4v) is 4.47. The maximum absolute atomic E-state index is 13.3. The molecular weight excluding hydrogens is 377 g/mol. The van der Waals surface area contributed by atoms with Gasteiger partial charge in [-0.1, -0.05) is 29.8 Å². The van der Waals surface area contributed by atoms with Crippen molar-refractivity contribution in [2.45, 2.75) is 6.42 Å². The summed E-state index contributed by atoms with van der Waals surface area (Å²) in [5.74, 6) is -1.37. The Morgan fingerprint density at radius 3 is 2.88 bits per heavy atom. The lowest BCUT2D eigenvalue weighted by Gasteiger charge is -2.17. The molecule has 1 aliphatic rings. The van der Waals surface area contributed by atoms with Crippen LogP contribution in [-0.2, 0) is 16.0 Å². The largest absolute Gasteiger partial charge is 0.451 e. The number of hydrogen-bond donors (Lipinski definition) is 0. The van der Waals surface area contributed by atoms with Crippen molar-refractivity contribution in [1.82, 2.24) is 0 Å². The van der Waals surface area contributed by atoms with Crippen LogP contribution in [0, 0.1) is 5.82 Å². The minimum atomic E-state index is -0.683. The van der Waals surface area contributed by atoms with Crippen molar-refractivity contribution in [3.8, 4) is 0 Å². The number of benzene rings is 2. The molecule has 3 aromatic rings. The molecule has 1 aliphatic heterocycles. The van der Waals surface area contributed by atoms with E-state index in [1.165, 1.54) is 18.2 Å². The van der Waals surface area contributed by atoms with Gasteiger partial charge in [0.15, 0.2) is 6.61 Å². The van der Waals surface area contributed by atoms with Crippen LogP contribution in [0.1, 0.15) is 15.2 Å². The molecule has 26 heavy (non-hydrogen) atoms. The molecule has 1 aromatic heterocycles. The first-order chi connectivity index (χ1) is 12.5. The number of halogens is 2. The smallest absolute Gasteiger partial charge is 0.350 e. The van der Waals surface area contributed by atoms with E-state index in [2.05, 4.69) is 0 Å². The van der Waals surface area contributed by atoms with Crippen LogP contribution in [0.2, 0.25) is 5.02 Å². The summed E-state index contributed by atoms with van der Waals surface area (Å²) in [6, 6.07) is 11.8. The van der Waals surface area contributed by atoms with Gasteiger partial charge in [-0.2, -0.15) is 0 Å². The molecule has 0 spiro atoms. The van der Waals surface area contributed by atoms with E-state index in [1.54, 1.807) is 4.90 Å². The van der Waals surface area contributed by atoms with Crippen molar-refractivity contribution in [1.29, 1.82) is 0 Å². The Labute approximate surface area is 157 Å². The van der Waals surface area contributed by atoms with Crippen LogP contribution in [0.5, 0.6) is 0 Å². The van der Waals surface area contributed by atoms with Crippen molar-refractivity contribution in [3.63, 3.8) is 0 Å². The number of fused-ring (bicyclic) bond motifs is 2. The summed E-state index contributed by atoms with van der Waals surface area (Å²) in [5, 5.41) is 0.804. The third-order valence-electron chi connectivity index (χ3n) is 4.29. The summed E-state index contributed by atoms with van der Waals surface area (Å²) in [5.41, 5.74) is 1.95. The molecular formula is C19H13ClFNO3S. The van der Waals surface area contributed by atoms with Crippen LogP contribution in [-0.4, -0.2) is 25.0 Å². The highest BCUT2D eigenvalue weighted by atomic mass is 35.5. The number of carbonyl (C=O) groups excluding carboxylic acids is 2. The molecule has 0 aliphatic carbocycles. The van der Waals surface area contributed by atoms with Gasteiger partial charge >= 0.3 is 5.97 Å². The number of rotatable bonds is 3. The number of anilines is 1. The second-order valence-electron chi connectivity index (χ2n) is 5.89. The molecule has 0 atom stereocenters. The van der Waals surface area contributed by atoms with Gasteiger partial charge in [0.05, 0.1) is 5.02 Å². The Morgan fingerprint density at radius 1 is 1.23 bits per heavy atom. The van der Waals surface area contributed by atoms with E-state index >= 15 is 0 Å². The second kappa shape index (κ2) is 6.70. The number of nitrogens with zero attached hydrogens (tertiary/aromatic N) is 1. The molecule has 4 nitrogen and oxygen atoms in total. The maximum Gasteiger partial charge on any atom is 0.350 e. The van der Waals surface area contributed by atoms with Crippen molar-refractivity contribution >= 4 is 50.6 Å². The molecule has 0 radical (unpaired) electrons. The van der Waals surface area contributed by atoms with Crippen molar-refractivity contribution in [2.75, 3.05) is 18.1 Å². The van der Waals surface area contributed by atoms with Crippen molar-refractivity contribution < 1.29 is 18.7 Å². The van der Waals surface area contributed by atoms with Gasteiger partial charge in [-0.05, 0) is 36.2 Å².